The normalized spacial score (nSPS) is 32.4. The number of aliphatic carboxylic acids is 1. The van der Waals surface area contributed by atoms with Crippen molar-refractivity contribution in [2.45, 2.75) is 40.7 Å². The number of rotatable bonds is 2. The van der Waals surface area contributed by atoms with Crippen LogP contribution in [0.3, 0.4) is 0 Å². The van der Waals surface area contributed by atoms with E-state index >= 15 is 0 Å². The number of hydrogen-bond donors (Lipinski definition) is 2. The molecule has 1 rings (SSSR count). The molecule has 1 saturated carbocycles. The first kappa shape index (κ1) is 11.5. The van der Waals surface area contributed by atoms with Gasteiger partial charge in [0.2, 0.25) is 0 Å². The standard InChI is InChI=1S/C11H20O3/c1-10(2,3)8(12)6-7(9(13)14)11(6,4)5/h6-8,12H,1-5H3,(H,13,14). The minimum absolute atomic E-state index is 0.111. The van der Waals surface area contributed by atoms with Crippen LogP contribution in [0.2, 0.25) is 0 Å². The third-order valence-corrected chi connectivity index (χ3v) is 3.40. The lowest BCUT2D eigenvalue weighted by Crippen LogP contribution is -2.30. The molecule has 3 atom stereocenters. The van der Waals surface area contributed by atoms with Crippen LogP contribution in [-0.2, 0) is 4.79 Å². The molecule has 82 valence electrons. The van der Waals surface area contributed by atoms with Crippen LogP contribution in [0.15, 0.2) is 0 Å². The van der Waals surface area contributed by atoms with Crippen molar-refractivity contribution in [3.05, 3.63) is 0 Å². The van der Waals surface area contributed by atoms with Gasteiger partial charge in [-0.3, -0.25) is 4.79 Å². The van der Waals surface area contributed by atoms with Crippen molar-refractivity contribution < 1.29 is 15.0 Å². The lowest BCUT2D eigenvalue weighted by atomic mass is 9.84. The smallest absolute Gasteiger partial charge is 0.307 e. The van der Waals surface area contributed by atoms with Gasteiger partial charge in [-0.15, -0.1) is 0 Å². The molecule has 1 aliphatic carbocycles. The molecular formula is C11H20O3. The first-order chi connectivity index (χ1) is 6.10. The zero-order valence-corrected chi connectivity index (χ0v) is 9.53. The van der Waals surface area contributed by atoms with Crippen molar-refractivity contribution in [1.29, 1.82) is 0 Å². The van der Waals surface area contributed by atoms with E-state index in [1.54, 1.807) is 0 Å². The predicted molar refractivity (Wildman–Crippen MR) is 53.9 cm³/mol. The van der Waals surface area contributed by atoms with Gasteiger partial charge >= 0.3 is 5.97 Å². The lowest BCUT2D eigenvalue weighted by Gasteiger charge is -2.27. The summed E-state index contributed by atoms with van der Waals surface area (Å²) >= 11 is 0. The molecule has 3 heteroatoms. The third-order valence-electron chi connectivity index (χ3n) is 3.40. The van der Waals surface area contributed by atoms with Gasteiger partial charge in [-0.2, -0.15) is 0 Å². The van der Waals surface area contributed by atoms with E-state index in [0.29, 0.717) is 0 Å². The molecular weight excluding hydrogens is 180 g/mol. The summed E-state index contributed by atoms with van der Waals surface area (Å²) in [4.78, 5) is 10.9. The molecule has 3 nitrogen and oxygen atoms in total. The molecule has 0 aromatic rings. The van der Waals surface area contributed by atoms with E-state index in [9.17, 15) is 9.90 Å². The average molecular weight is 200 g/mol. The number of carbonyl (C=O) groups is 1. The van der Waals surface area contributed by atoms with E-state index in [4.69, 9.17) is 5.11 Å². The molecule has 1 fully saturated rings. The van der Waals surface area contributed by atoms with Crippen LogP contribution in [0, 0.1) is 22.7 Å². The zero-order chi connectivity index (χ0) is 11.3. The highest BCUT2D eigenvalue weighted by molar-refractivity contribution is 5.75. The quantitative estimate of drug-likeness (QED) is 0.714. The zero-order valence-electron chi connectivity index (χ0n) is 9.53. The molecule has 0 heterocycles. The van der Waals surface area contributed by atoms with Crippen LogP contribution in [0.1, 0.15) is 34.6 Å². The van der Waals surface area contributed by atoms with Crippen LogP contribution in [0.4, 0.5) is 0 Å². The number of aliphatic hydroxyl groups excluding tert-OH is 1. The summed E-state index contributed by atoms with van der Waals surface area (Å²) in [5.74, 6) is -1.29. The average Bonchev–Trinajstić information content (AvgIpc) is 2.49. The van der Waals surface area contributed by atoms with E-state index < -0.39 is 18.0 Å². The molecule has 2 N–H and O–H groups in total. The van der Waals surface area contributed by atoms with E-state index in [-0.39, 0.29) is 16.7 Å². The van der Waals surface area contributed by atoms with Gasteiger partial charge in [0.1, 0.15) is 0 Å². The maximum absolute atomic E-state index is 10.9. The number of hydrogen-bond acceptors (Lipinski definition) is 2. The number of carboxylic acids is 1. The number of aliphatic hydroxyl groups is 1. The Morgan fingerprint density at radius 3 is 2.00 bits per heavy atom. The summed E-state index contributed by atoms with van der Waals surface area (Å²) in [7, 11) is 0. The Morgan fingerprint density at radius 1 is 1.36 bits per heavy atom. The molecule has 0 amide bonds. The van der Waals surface area contributed by atoms with Gasteiger partial charge in [0, 0.05) is 5.92 Å². The highest BCUT2D eigenvalue weighted by atomic mass is 16.4. The van der Waals surface area contributed by atoms with Gasteiger partial charge in [-0.05, 0) is 10.8 Å². The Balaban J connectivity index is 2.79. The van der Waals surface area contributed by atoms with E-state index in [0.717, 1.165) is 0 Å². The van der Waals surface area contributed by atoms with Gasteiger partial charge < -0.3 is 10.2 Å². The van der Waals surface area contributed by atoms with Crippen molar-refractivity contribution in [2.75, 3.05) is 0 Å². The van der Waals surface area contributed by atoms with Crippen LogP contribution >= 0.6 is 0 Å². The molecule has 0 aliphatic heterocycles. The summed E-state index contributed by atoms with van der Waals surface area (Å²) in [5.41, 5.74) is -0.509. The summed E-state index contributed by atoms with van der Waals surface area (Å²) in [6, 6.07) is 0. The summed E-state index contributed by atoms with van der Waals surface area (Å²) in [6.45, 7) is 9.62. The Morgan fingerprint density at radius 2 is 1.79 bits per heavy atom. The highest BCUT2D eigenvalue weighted by Crippen LogP contribution is 2.62. The fourth-order valence-corrected chi connectivity index (χ4v) is 2.28. The van der Waals surface area contributed by atoms with Gasteiger partial charge in [0.25, 0.3) is 0 Å². The predicted octanol–water partition coefficient (Wildman–Crippen LogP) is 1.75. The summed E-state index contributed by atoms with van der Waals surface area (Å²) in [5, 5.41) is 19.0. The molecule has 0 aromatic carbocycles. The van der Waals surface area contributed by atoms with E-state index in [2.05, 4.69) is 0 Å². The first-order valence-electron chi connectivity index (χ1n) is 5.01. The number of carboxylic acid groups (broad SMARTS) is 1. The molecule has 1 aliphatic rings. The summed E-state index contributed by atoms with van der Waals surface area (Å²) < 4.78 is 0. The van der Waals surface area contributed by atoms with Crippen molar-refractivity contribution in [3.8, 4) is 0 Å². The van der Waals surface area contributed by atoms with Crippen LogP contribution in [0.25, 0.3) is 0 Å². The van der Waals surface area contributed by atoms with E-state index in [1.165, 1.54) is 0 Å². The van der Waals surface area contributed by atoms with Crippen LogP contribution in [0.5, 0.6) is 0 Å². The van der Waals surface area contributed by atoms with Gasteiger partial charge in [-0.1, -0.05) is 34.6 Å². The topological polar surface area (TPSA) is 57.5 Å². The molecule has 0 spiro atoms. The maximum atomic E-state index is 10.9. The molecule has 0 saturated heterocycles. The fourth-order valence-electron chi connectivity index (χ4n) is 2.28. The SMILES string of the molecule is CC(C)(C)C(O)C1C(C(=O)O)C1(C)C. The van der Waals surface area contributed by atoms with Crippen molar-refractivity contribution >= 4 is 5.97 Å². The molecule has 0 aromatic heterocycles. The fraction of sp³-hybridized carbons (Fsp3) is 0.909. The Kier molecular flexibility index (Phi) is 2.43. The molecule has 0 bridgehead atoms. The molecule has 14 heavy (non-hydrogen) atoms. The molecule has 3 unspecified atom stereocenters. The largest absolute Gasteiger partial charge is 0.481 e. The second kappa shape index (κ2) is 2.96. The second-order valence-corrected chi connectivity index (χ2v) is 5.97. The summed E-state index contributed by atoms with van der Waals surface area (Å²) in [6.07, 6.45) is -0.543. The van der Waals surface area contributed by atoms with Crippen LogP contribution < -0.4 is 0 Å². The Labute approximate surface area is 85.1 Å². The van der Waals surface area contributed by atoms with Crippen molar-refractivity contribution in [1.82, 2.24) is 0 Å². The van der Waals surface area contributed by atoms with E-state index in [1.807, 2.05) is 34.6 Å². The Hall–Kier alpha value is -0.570. The Bertz CT molecular complexity index is 250. The van der Waals surface area contributed by atoms with Gasteiger partial charge in [-0.25, -0.2) is 0 Å². The maximum Gasteiger partial charge on any atom is 0.307 e. The van der Waals surface area contributed by atoms with Crippen molar-refractivity contribution in [2.24, 2.45) is 22.7 Å². The second-order valence-electron chi connectivity index (χ2n) is 5.97. The minimum atomic E-state index is -0.789. The lowest BCUT2D eigenvalue weighted by molar-refractivity contribution is -0.140. The highest BCUT2D eigenvalue weighted by Gasteiger charge is 2.66. The first-order valence-corrected chi connectivity index (χ1v) is 5.01. The third kappa shape index (κ3) is 1.65. The minimum Gasteiger partial charge on any atom is -0.481 e. The monoisotopic (exact) mass is 200 g/mol. The molecule has 0 radical (unpaired) electrons. The van der Waals surface area contributed by atoms with Crippen molar-refractivity contribution in [3.63, 3.8) is 0 Å². The van der Waals surface area contributed by atoms with Gasteiger partial charge in [0.05, 0.1) is 12.0 Å². The van der Waals surface area contributed by atoms with Crippen LogP contribution in [-0.4, -0.2) is 22.3 Å². The van der Waals surface area contributed by atoms with Gasteiger partial charge in [0.15, 0.2) is 0 Å².